The molecule has 4 N–H and O–H groups in total. The molecule has 0 aliphatic carbocycles. The van der Waals surface area contributed by atoms with E-state index in [0.29, 0.717) is 11.4 Å². The summed E-state index contributed by atoms with van der Waals surface area (Å²) in [4.78, 5) is 18.2. The molecular formula is C19H15N3O2S. The van der Waals surface area contributed by atoms with Crippen molar-refractivity contribution >= 4 is 23.7 Å². The van der Waals surface area contributed by atoms with Gasteiger partial charge in [0.25, 0.3) is 5.56 Å². The van der Waals surface area contributed by atoms with Crippen LogP contribution in [0.3, 0.4) is 0 Å². The lowest BCUT2D eigenvalue weighted by molar-refractivity contribution is 0.474. The van der Waals surface area contributed by atoms with Crippen molar-refractivity contribution < 1.29 is 5.11 Å². The van der Waals surface area contributed by atoms with Gasteiger partial charge < -0.3 is 15.4 Å². The van der Waals surface area contributed by atoms with Crippen LogP contribution in [-0.2, 0) is 0 Å². The Morgan fingerprint density at radius 2 is 1.80 bits per heavy atom. The number of nitrogens with one attached hydrogen (secondary N) is 3. The van der Waals surface area contributed by atoms with Gasteiger partial charge in [-0.05, 0) is 41.6 Å². The van der Waals surface area contributed by atoms with Gasteiger partial charge in [-0.25, -0.2) is 0 Å². The minimum Gasteiger partial charge on any atom is -0.508 e. The maximum atomic E-state index is 12.5. The fourth-order valence-electron chi connectivity index (χ4n) is 3.08. The summed E-state index contributed by atoms with van der Waals surface area (Å²) in [6.07, 6.45) is 1.98. The Hall–Kier alpha value is -3.12. The molecule has 0 radical (unpaired) electrons. The average Bonchev–Trinajstić information content (AvgIpc) is 2.61. The van der Waals surface area contributed by atoms with Gasteiger partial charge in [-0.2, -0.15) is 0 Å². The van der Waals surface area contributed by atoms with Gasteiger partial charge in [0.2, 0.25) is 0 Å². The van der Waals surface area contributed by atoms with Crippen molar-refractivity contribution in [1.29, 1.82) is 0 Å². The fraction of sp³-hybridized carbons (Fsp3) is 0.0526. The number of anilines is 1. The van der Waals surface area contributed by atoms with Crippen molar-refractivity contribution in [1.82, 2.24) is 9.97 Å². The zero-order chi connectivity index (χ0) is 17.4. The molecule has 0 spiro atoms. The Balaban J connectivity index is 1.95. The molecule has 1 atom stereocenters. The molecule has 2 heterocycles. The highest BCUT2D eigenvalue weighted by Crippen LogP contribution is 2.36. The van der Waals surface area contributed by atoms with E-state index in [4.69, 9.17) is 12.2 Å². The Labute approximate surface area is 148 Å². The van der Waals surface area contributed by atoms with Gasteiger partial charge in [-0.15, -0.1) is 0 Å². The van der Waals surface area contributed by atoms with Crippen molar-refractivity contribution in [2.75, 3.05) is 5.32 Å². The van der Waals surface area contributed by atoms with Crippen LogP contribution in [0.2, 0.25) is 0 Å². The van der Waals surface area contributed by atoms with E-state index in [0.717, 1.165) is 16.8 Å². The number of phenols is 1. The van der Waals surface area contributed by atoms with Crippen LogP contribution in [0.1, 0.15) is 22.6 Å². The third-order valence-corrected chi connectivity index (χ3v) is 4.40. The molecule has 0 amide bonds. The highest BCUT2D eigenvalue weighted by molar-refractivity contribution is 7.71. The van der Waals surface area contributed by atoms with Gasteiger partial charge in [0.15, 0.2) is 4.77 Å². The largest absolute Gasteiger partial charge is 0.508 e. The minimum absolute atomic E-state index is 0.160. The number of fused-ring (bicyclic) bond motifs is 1. The lowest BCUT2D eigenvalue weighted by Gasteiger charge is -2.25. The first-order valence-corrected chi connectivity index (χ1v) is 8.22. The number of hydrogen-bond acceptors (Lipinski definition) is 4. The smallest absolute Gasteiger partial charge is 0.257 e. The Bertz CT molecular complexity index is 1080. The van der Waals surface area contributed by atoms with Gasteiger partial charge in [0.05, 0.1) is 5.56 Å². The van der Waals surface area contributed by atoms with Gasteiger partial charge in [-0.3, -0.25) is 9.78 Å². The number of hydrogen-bond donors (Lipinski definition) is 4. The predicted octanol–water partition coefficient (Wildman–Crippen LogP) is 3.74. The van der Waals surface area contributed by atoms with Gasteiger partial charge in [0.1, 0.15) is 11.6 Å². The first-order valence-electron chi connectivity index (χ1n) is 7.81. The molecule has 0 saturated heterocycles. The summed E-state index contributed by atoms with van der Waals surface area (Å²) in [5, 5.41) is 13.1. The molecule has 0 saturated carbocycles. The molecule has 25 heavy (non-hydrogen) atoms. The zero-order valence-electron chi connectivity index (χ0n) is 13.1. The molecule has 6 heteroatoms. The summed E-state index contributed by atoms with van der Waals surface area (Å²) in [5.41, 5.74) is 2.99. The van der Waals surface area contributed by atoms with E-state index in [-0.39, 0.29) is 22.0 Å². The maximum Gasteiger partial charge on any atom is 0.257 e. The van der Waals surface area contributed by atoms with Crippen molar-refractivity contribution in [3.63, 3.8) is 0 Å². The number of aromatic amines is 2. The summed E-state index contributed by atoms with van der Waals surface area (Å²) < 4.78 is 0.264. The molecule has 1 aliphatic heterocycles. The molecule has 2 aromatic carbocycles. The number of allylic oxidation sites excluding steroid dienone is 1. The highest BCUT2D eigenvalue weighted by atomic mass is 32.1. The Kier molecular flexibility index (Phi) is 3.74. The molecule has 3 aromatic rings. The standard InChI is InChI=1S/C19H15N3O2S/c23-13-8-4-7-12(9-13)14-10-15(11-5-2-1-3-6-11)20-17-16(14)18(24)22-19(25)21-17/h1-10,14,23H,(H3,20,21,22,24,25). The van der Waals surface area contributed by atoms with E-state index in [2.05, 4.69) is 15.3 Å². The van der Waals surface area contributed by atoms with E-state index in [1.807, 2.05) is 42.5 Å². The molecule has 0 bridgehead atoms. The van der Waals surface area contributed by atoms with Crippen molar-refractivity contribution in [2.45, 2.75) is 5.92 Å². The topological polar surface area (TPSA) is 80.9 Å². The summed E-state index contributed by atoms with van der Waals surface area (Å²) in [7, 11) is 0. The van der Waals surface area contributed by atoms with Crippen LogP contribution in [0.15, 0.2) is 65.5 Å². The van der Waals surface area contributed by atoms with Crippen LogP contribution in [0.25, 0.3) is 5.70 Å². The quantitative estimate of drug-likeness (QED) is 0.531. The first-order chi connectivity index (χ1) is 12.1. The predicted molar refractivity (Wildman–Crippen MR) is 100 cm³/mol. The van der Waals surface area contributed by atoms with Crippen LogP contribution < -0.4 is 10.9 Å². The summed E-state index contributed by atoms with van der Waals surface area (Å²) in [6, 6.07) is 16.8. The highest BCUT2D eigenvalue weighted by Gasteiger charge is 2.26. The van der Waals surface area contributed by atoms with Crippen molar-refractivity contribution in [2.24, 2.45) is 0 Å². The number of phenolic OH excluding ortho intramolecular Hbond substituents is 1. The Morgan fingerprint density at radius 1 is 1.00 bits per heavy atom. The number of H-pyrrole nitrogens is 2. The SMILES string of the molecule is O=c1[nH]c(=S)[nH]c2c1C(c1cccc(O)c1)C=C(c1ccccc1)N2. The molecular weight excluding hydrogens is 334 g/mol. The second-order valence-corrected chi connectivity index (χ2v) is 6.25. The number of benzene rings is 2. The molecule has 4 rings (SSSR count). The van der Waals surface area contributed by atoms with Crippen molar-refractivity contribution in [3.05, 3.63) is 92.5 Å². The maximum absolute atomic E-state index is 12.5. The average molecular weight is 349 g/mol. The van der Waals surface area contributed by atoms with E-state index in [1.54, 1.807) is 18.2 Å². The van der Waals surface area contributed by atoms with Crippen LogP contribution in [0, 0.1) is 4.77 Å². The van der Waals surface area contributed by atoms with E-state index in [1.165, 1.54) is 0 Å². The molecule has 124 valence electrons. The molecule has 1 aromatic heterocycles. The lowest BCUT2D eigenvalue weighted by Crippen LogP contribution is -2.24. The van der Waals surface area contributed by atoms with Crippen LogP contribution in [0.5, 0.6) is 5.75 Å². The zero-order valence-corrected chi connectivity index (χ0v) is 13.9. The monoisotopic (exact) mass is 349 g/mol. The summed E-state index contributed by atoms with van der Waals surface area (Å²) in [5.74, 6) is 0.421. The number of aromatic hydroxyl groups is 1. The lowest BCUT2D eigenvalue weighted by atomic mass is 9.88. The molecule has 1 aliphatic rings. The van der Waals surface area contributed by atoms with E-state index >= 15 is 0 Å². The van der Waals surface area contributed by atoms with Gasteiger partial charge in [0, 0.05) is 11.6 Å². The third-order valence-electron chi connectivity index (χ3n) is 4.20. The fourth-order valence-corrected chi connectivity index (χ4v) is 3.28. The van der Waals surface area contributed by atoms with Crippen molar-refractivity contribution in [3.8, 4) is 5.75 Å². The van der Waals surface area contributed by atoms with Crippen LogP contribution in [-0.4, -0.2) is 15.1 Å². The molecule has 0 fully saturated rings. The van der Waals surface area contributed by atoms with Crippen LogP contribution in [0.4, 0.5) is 5.82 Å². The number of rotatable bonds is 2. The van der Waals surface area contributed by atoms with Gasteiger partial charge in [-0.1, -0.05) is 42.5 Å². The second kappa shape index (κ2) is 6.07. The normalized spacial score (nSPS) is 15.8. The molecule has 1 unspecified atom stereocenters. The van der Waals surface area contributed by atoms with E-state index in [9.17, 15) is 9.90 Å². The van der Waals surface area contributed by atoms with E-state index < -0.39 is 0 Å². The minimum atomic E-state index is -0.311. The third kappa shape index (κ3) is 2.88. The summed E-state index contributed by atoms with van der Waals surface area (Å²) >= 11 is 5.11. The van der Waals surface area contributed by atoms with Gasteiger partial charge >= 0.3 is 0 Å². The molecule has 5 nitrogen and oxygen atoms in total. The first kappa shape index (κ1) is 15.4. The second-order valence-electron chi connectivity index (χ2n) is 5.84. The Morgan fingerprint density at radius 3 is 2.56 bits per heavy atom. The number of aromatic nitrogens is 2. The van der Waals surface area contributed by atoms with Crippen LogP contribution >= 0.6 is 12.2 Å². The summed E-state index contributed by atoms with van der Waals surface area (Å²) in [6.45, 7) is 0.